The quantitative estimate of drug-likeness (QED) is 0.815. The van der Waals surface area contributed by atoms with Gasteiger partial charge in [-0.25, -0.2) is 0 Å². The largest absolute Gasteiger partial charge is 0.493 e. The van der Waals surface area contributed by atoms with Gasteiger partial charge in [-0.3, -0.25) is 9.59 Å². The predicted octanol–water partition coefficient (Wildman–Crippen LogP) is 3.37. The number of rotatable bonds is 5. The van der Waals surface area contributed by atoms with Crippen LogP contribution in [0.25, 0.3) is 0 Å². The van der Waals surface area contributed by atoms with Gasteiger partial charge in [0.2, 0.25) is 0 Å². The van der Waals surface area contributed by atoms with Crippen molar-refractivity contribution >= 4 is 17.5 Å². The Morgan fingerprint density at radius 3 is 2.83 bits per heavy atom. The van der Waals surface area contributed by atoms with Crippen molar-refractivity contribution in [2.45, 2.75) is 45.3 Å². The van der Waals surface area contributed by atoms with Gasteiger partial charge in [0.25, 0.3) is 11.8 Å². The first kappa shape index (κ1) is 19.5. The van der Waals surface area contributed by atoms with E-state index in [1.807, 2.05) is 25.1 Å². The Labute approximate surface area is 170 Å². The van der Waals surface area contributed by atoms with Crippen LogP contribution in [-0.2, 0) is 22.5 Å². The van der Waals surface area contributed by atoms with Crippen LogP contribution in [0.5, 0.6) is 5.75 Å². The first-order valence-electron chi connectivity index (χ1n) is 10.2. The van der Waals surface area contributed by atoms with E-state index in [0.29, 0.717) is 24.4 Å². The van der Waals surface area contributed by atoms with Crippen LogP contribution in [0.1, 0.15) is 46.3 Å². The van der Waals surface area contributed by atoms with E-state index in [1.54, 1.807) is 12.1 Å². The predicted molar refractivity (Wildman–Crippen MR) is 110 cm³/mol. The molecule has 2 aliphatic rings. The highest BCUT2D eigenvalue weighted by molar-refractivity contribution is 5.99. The lowest BCUT2D eigenvalue weighted by Crippen LogP contribution is -2.27. The molecule has 2 aromatic rings. The van der Waals surface area contributed by atoms with Crippen molar-refractivity contribution in [3.63, 3.8) is 0 Å². The fourth-order valence-electron chi connectivity index (χ4n) is 3.70. The molecule has 4 rings (SSSR count). The molecule has 0 radical (unpaired) electrons. The zero-order valence-corrected chi connectivity index (χ0v) is 16.6. The fourth-order valence-corrected chi connectivity index (χ4v) is 3.70. The van der Waals surface area contributed by atoms with Crippen molar-refractivity contribution in [1.29, 1.82) is 0 Å². The van der Waals surface area contributed by atoms with Gasteiger partial charge >= 0.3 is 0 Å². The van der Waals surface area contributed by atoms with E-state index in [2.05, 4.69) is 16.7 Å². The number of anilines is 1. The second kappa shape index (κ2) is 8.66. The van der Waals surface area contributed by atoms with Crippen molar-refractivity contribution in [2.24, 2.45) is 0 Å². The molecule has 2 heterocycles. The Balaban J connectivity index is 1.40. The fraction of sp³-hybridized carbons (Fsp3) is 0.391. The molecule has 0 aliphatic carbocycles. The lowest BCUT2D eigenvalue weighted by Gasteiger charge is -2.18. The second-order valence-corrected chi connectivity index (χ2v) is 7.60. The highest BCUT2D eigenvalue weighted by atomic mass is 16.5. The summed E-state index contributed by atoms with van der Waals surface area (Å²) in [5.41, 5.74) is 4.30. The number of carbonyl (C=O) groups excluding carboxylic acids is 2. The third-order valence-corrected chi connectivity index (χ3v) is 5.41. The summed E-state index contributed by atoms with van der Waals surface area (Å²) in [4.78, 5) is 25.0. The molecule has 2 N–H and O–H groups in total. The van der Waals surface area contributed by atoms with Gasteiger partial charge in [0.1, 0.15) is 11.9 Å². The number of benzene rings is 2. The number of ether oxygens (including phenoxy) is 2. The number of amides is 2. The summed E-state index contributed by atoms with van der Waals surface area (Å²) in [6.07, 6.45) is 3.25. The molecule has 1 unspecified atom stereocenters. The minimum Gasteiger partial charge on any atom is -0.493 e. The Morgan fingerprint density at radius 1 is 1.10 bits per heavy atom. The SMILES string of the molecule is Cc1ccc(C(=O)NCc2ccc3c(c2)CCCO3)cc1NC(=O)C1CCCO1. The molecular weight excluding hydrogens is 368 g/mol. The van der Waals surface area contributed by atoms with E-state index in [0.717, 1.165) is 49.2 Å². The van der Waals surface area contributed by atoms with Gasteiger partial charge in [-0.2, -0.15) is 0 Å². The van der Waals surface area contributed by atoms with E-state index in [1.165, 1.54) is 5.56 Å². The number of carbonyl (C=O) groups is 2. The van der Waals surface area contributed by atoms with Crippen molar-refractivity contribution in [1.82, 2.24) is 5.32 Å². The molecule has 0 saturated carbocycles. The number of hydrogen-bond acceptors (Lipinski definition) is 4. The van der Waals surface area contributed by atoms with E-state index < -0.39 is 6.10 Å². The van der Waals surface area contributed by atoms with Crippen LogP contribution in [0.15, 0.2) is 36.4 Å². The smallest absolute Gasteiger partial charge is 0.253 e. The van der Waals surface area contributed by atoms with Gasteiger partial charge in [0.05, 0.1) is 6.61 Å². The van der Waals surface area contributed by atoms with Gasteiger partial charge in [0.15, 0.2) is 0 Å². The number of aryl methyl sites for hydroxylation is 2. The molecule has 29 heavy (non-hydrogen) atoms. The summed E-state index contributed by atoms with van der Waals surface area (Å²) in [7, 11) is 0. The Hall–Kier alpha value is -2.86. The Morgan fingerprint density at radius 2 is 2.00 bits per heavy atom. The van der Waals surface area contributed by atoms with Crippen LogP contribution >= 0.6 is 0 Å². The van der Waals surface area contributed by atoms with E-state index in [-0.39, 0.29) is 11.8 Å². The first-order chi connectivity index (χ1) is 14.1. The average Bonchev–Trinajstić information content (AvgIpc) is 3.28. The van der Waals surface area contributed by atoms with Gasteiger partial charge in [-0.1, -0.05) is 18.2 Å². The molecule has 6 heteroatoms. The molecule has 2 aromatic carbocycles. The molecule has 1 saturated heterocycles. The number of fused-ring (bicyclic) bond motifs is 1. The van der Waals surface area contributed by atoms with Crippen molar-refractivity contribution in [3.05, 3.63) is 58.7 Å². The van der Waals surface area contributed by atoms with Gasteiger partial charge in [-0.05, 0) is 67.5 Å². The second-order valence-electron chi connectivity index (χ2n) is 7.60. The van der Waals surface area contributed by atoms with Crippen LogP contribution in [0.2, 0.25) is 0 Å². The van der Waals surface area contributed by atoms with Crippen LogP contribution in [0.4, 0.5) is 5.69 Å². The summed E-state index contributed by atoms with van der Waals surface area (Å²) in [5, 5.41) is 5.86. The summed E-state index contributed by atoms with van der Waals surface area (Å²) in [5.74, 6) is 0.613. The standard InChI is InChI=1S/C23H26N2O4/c1-15-6-8-18(13-19(15)25-23(27)21-5-3-11-29-21)22(26)24-14-16-7-9-20-17(12-16)4-2-10-28-20/h6-9,12-13,21H,2-5,10-11,14H2,1H3,(H,24,26)(H,25,27). The average molecular weight is 394 g/mol. The van der Waals surface area contributed by atoms with Crippen LogP contribution in [0.3, 0.4) is 0 Å². The number of nitrogens with one attached hydrogen (secondary N) is 2. The Kier molecular flexibility index (Phi) is 5.81. The van der Waals surface area contributed by atoms with E-state index >= 15 is 0 Å². The van der Waals surface area contributed by atoms with Crippen molar-refractivity contribution in [2.75, 3.05) is 18.5 Å². The summed E-state index contributed by atoms with van der Waals surface area (Å²) in [6.45, 7) is 3.73. The summed E-state index contributed by atoms with van der Waals surface area (Å²) < 4.78 is 11.1. The minimum atomic E-state index is -0.403. The highest BCUT2D eigenvalue weighted by Gasteiger charge is 2.24. The van der Waals surface area contributed by atoms with Crippen LogP contribution in [0, 0.1) is 6.92 Å². The van der Waals surface area contributed by atoms with Gasteiger partial charge in [0, 0.05) is 24.4 Å². The third kappa shape index (κ3) is 4.59. The third-order valence-electron chi connectivity index (χ3n) is 5.41. The van der Waals surface area contributed by atoms with Crippen LogP contribution in [-0.4, -0.2) is 31.1 Å². The van der Waals surface area contributed by atoms with Gasteiger partial charge in [-0.15, -0.1) is 0 Å². The van der Waals surface area contributed by atoms with E-state index in [9.17, 15) is 9.59 Å². The molecule has 0 spiro atoms. The monoisotopic (exact) mass is 394 g/mol. The maximum atomic E-state index is 12.6. The molecule has 0 aromatic heterocycles. The molecule has 1 atom stereocenters. The minimum absolute atomic E-state index is 0.153. The molecule has 152 valence electrons. The zero-order chi connectivity index (χ0) is 20.2. The lowest BCUT2D eigenvalue weighted by molar-refractivity contribution is -0.124. The van der Waals surface area contributed by atoms with Crippen molar-refractivity contribution in [3.8, 4) is 5.75 Å². The number of hydrogen-bond donors (Lipinski definition) is 2. The molecule has 1 fully saturated rings. The zero-order valence-electron chi connectivity index (χ0n) is 16.6. The maximum Gasteiger partial charge on any atom is 0.253 e. The highest BCUT2D eigenvalue weighted by Crippen LogP contribution is 2.25. The lowest BCUT2D eigenvalue weighted by atomic mass is 10.0. The molecule has 6 nitrogen and oxygen atoms in total. The maximum absolute atomic E-state index is 12.6. The Bertz CT molecular complexity index is 919. The molecule has 2 amide bonds. The van der Waals surface area contributed by atoms with Crippen molar-refractivity contribution < 1.29 is 19.1 Å². The first-order valence-corrected chi connectivity index (χ1v) is 10.2. The molecule has 0 bridgehead atoms. The topological polar surface area (TPSA) is 76.7 Å². The normalized spacial score (nSPS) is 17.9. The summed E-state index contributed by atoms with van der Waals surface area (Å²) >= 11 is 0. The van der Waals surface area contributed by atoms with Crippen LogP contribution < -0.4 is 15.4 Å². The molecule has 2 aliphatic heterocycles. The van der Waals surface area contributed by atoms with Gasteiger partial charge < -0.3 is 20.1 Å². The summed E-state index contributed by atoms with van der Waals surface area (Å²) in [6, 6.07) is 11.4. The molecular formula is C23H26N2O4. The van der Waals surface area contributed by atoms with E-state index in [4.69, 9.17) is 9.47 Å².